The number of aromatic hydroxyl groups is 1. The Morgan fingerprint density at radius 3 is 2.43 bits per heavy atom. The minimum Gasteiger partial charge on any atom is -0.494 e. The molecule has 0 bridgehead atoms. The van der Waals surface area contributed by atoms with E-state index in [0.29, 0.717) is 39.1 Å². The number of esters is 1. The number of amides is 1. The van der Waals surface area contributed by atoms with E-state index >= 15 is 0 Å². The summed E-state index contributed by atoms with van der Waals surface area (Å²) < 4.78 is 4.80. The first kappa shape index (κ1) is 24.2. The number of aliphatic imine (C=N–C) groups is 1. The van der Waals surface area contributed by atoms with Gasteiger partial charge in [0.15, 0.2) is 5.88 Å². The number of carbonyl (C=O) groups excluding carboxylic acids is 2. The van der Waals surface area contributed by atoms with Crippen molar-refractivity contribution in [2.24, 2.45) is 10.7 Å². The third-order valence-corrected chi connectivity index (χ3v) is 6.25. The van der Waals surface area contributed by atoms with E-state index in [-0.39, 0.29) is 11.8 Å². The number of thiophene rings is 1. The van der Waals surface area contributed by atoms with Gasteiger partial charge in [0.2, 0.25) is 5.91 Å². The number of ether oxygens (including phenoxy) is 1. The van der Waals surface area contributed by atoms with E-state index < -0.39 is 11.5 Å². The Labute approximate surface area is 206 Å². The maximum atomic E-state index is 12.5. The van der Waals surface area contributed by atoms with E-state index in [4.69, 9.17) is 15.5 Å². The van der Waals surface area contributed by atoms with Crippen LogP contribution in [0.5, 0.6) is 5.88 Å². The highest BCUT2D eigenvalue weighted by Crippen LogP contribution is 2.33. The van der Waals surface area contributed by atoms with Gasteiger partial charge in [-0.25, -0.2) is 9.79 Å². The number of anilines is 1. The third kappa shape index (κ3) is 4.82. The lowest BCUT2D eigenvalue weighted by Crippen LogP contribution is -2.49. The van der Waals surface area contributed by atoms with Crippen LogP contribution in [-0.2, 0) is 9.53 Å². The van der Waals surface area contributed by atoms with Crippen LogP contribution in [-0.4, -0.2) is 47.4 Å². The van der Waals surface area contributed by atoms with Crippen molar-refractivity contribution in [3.63, 3.8) is 0 Å². The second-order valence-corrected chi connectivity index (χ2v) is 9.46. The van der Waals surface area contributed by atoms with Gasteiger partial charge in [-0.1, -0.05) is 6.07 Å². The molecule has 0 aliphatic rings. The second-order valence-electron chi connectivity index (χ2n) is 8.68. The predicted molar refractivity (Wildman–Crippen MR) is 139 cm³/mol. The molecule has 0 aliphatic heterocycles. The second kappa shape index (κ2) is 9.36. The number of rotatable bonds is 6. The van der Waals surface area contributed by atoms with Crippen LogP contribution in [0.1, 0.15) is 35.3 Å². The zero-order valence-corrected chi connectivity index (χ0v) is 20.6. The molecule has 0 atom stereocenters. The summed E-state index contributed by atoms with van der Waals surface area (Å²) in [6.45, 7) is 3.33. The molecular formula is C26H26N4O4S. The van der Waals surface area contributed by atoms with E-state index in [1.165, 1.54) is 23.3 Å². The van der Waals surface area contributed by atoms with Crippen molar-refractivity contribution in [2.45, 2.75) is 19.4 Å². The Hall–Kier alpha value is -3.95. The van der Waals surface area contributed by atoms with E-state index in [9.17, 15) is 14.7 Å². The molecule has 4 aromatic rings. The number of hydrogen-bond acceptors (Lipinski definition) is 7. The molecule has 1 amide bonds. The Bertz CT molecular complexity index is 1410. The van der Waals surface area contributed by atoms with E-state index in [2.05, 4.69) is 4.98 Å². The first-order valence-electron chi connectivity index (χ1n) is 10.8. The van der Waals surface area contributed by atoms with Crippen LogP contribution in [0, 0.1) is 0 Å². The van der Waals surface area contributed by atoms with Gasteiger partial charge in [0.1, 0.15) is 0 Å². The number of fused-ring (bicyclic) bond motifs is 1. The molecule has 4 rings (SSSR count). The van der Waals surface area contributed by atoms with Crippen molar-refractivity contribution in [3.05, 3.63) is 76.0 Å². The fourth-order valence-corrected chi connectivity index (χ4v) is 4.40. The predicted octanol–water partition coefficient (Wildman–Crippen LogP) is 4.59. The summed E-state index contributed by atoms with van der Waals surface area (Å²) in [5.74, 6) is -0.724. The van der Waals surface area contributed by atoms with Gasteiger partial charge in [-0.15, -0.1) is 0 Å². The van der Waals surface area contributed by atoms with E-state index in [1.807, 2.05) is 16.8 Å². The zero-order valence-electron chi connectivity index (χ0n) is 19.8. The molecule has 35 heavy (non-hydrogen) atoms. The molecule has 2 aromatic carbocycles. The fourth-order valence-electron chi connectivity index (χ4n) is 3.76. The standard InChI is InChI=1S/C26H26N4O4S/c1-26(2,27)25(33)30(3)18-8-6-17(7-9-18)28-22(16-11-12-35-14-16)21-19-10-5-15(24(32)34-4)13-20(19)29-23(21)31/h5-14,29,31H,27H2,1-4H3. The Morgan fingerprint density at radius 1 is 1.11 bits per heavy atom. The molecule has 0 fully saturated rings. The minimum atomic E-state index is -0.988. The molecule has 0 unspecified atom stereocenters. The molecule has 4 N–H and O–H groups in total. The molecule has 2 heterocycles. The smallest absolute Gasteiger partial charge is 0.337 e. The quantitative estimate of drug-likeness (QED) is 0.270. The number of nitrogens with zero attached hydrogens (tertiary/aromatic N) is 2. The number of carbonyl (C=O) groups is 2. The van der Waals surface area contributed by atoms with Crippen LogP contribution in [0.3, 0.4) is 0 Å². The normalized spacial score (nSPS) is 12.1. The summed E-state index contributed by atoms with van der Waals surface area (Å²) in [5.41, 5.74) is 9.18. The molecule has 2 aromatic heterocycles. The lowest BCUT2D eigenvalue weighted by atomic mass is 10.0. The van der Waals surface area contributed by atoms with Crippen molar-refractivity contribution in [3.8, 4) is 5.88 Å². The van der Waals surface area contributed by atoms with Gasteiger partial charge in [-0.3, -0.25) is 4.79 Å². The molecule has 0 radical (unpaired) electrons. The summed E-state index contributed by atoms with van der Waals surface area (Å²) >= 11 is 1.52. The average Bonchev–Trinajstić information content (AvgIpc) is 3.48. The molecule has 0 saturated heterocycles. The topological polar surface area (TPSA) is 121 Å². The summed E-state index contributed by atoms with van der Waals surface area (Å²) in [4.78, 5) is 33.7. The number of hydrogen-bond donors (Lipinski definition) is 3. The van der Waals surface area contributed by atoms with Crippen molar-refractivity contribution in [2.75, 3.05) is 19.1 Å². The van der Waals surface area contributed by atoms with Gasteiger partial charge in [0.25, 0.3) is 0 Å². The van der Waals surface area contributed by atoms with E-state index in [1.54, 1.807) is 63.4 Å². The maximum absolute atomic E-state index is 12.5. The number of aromatic amines is 1. The van der Waals surface area contributed by atoms with Crippen molar-refractivity contribution in [1.29, 1.82) is 0 Å². The van der Waals surface area contributed by atoms with Crippen LogP contribution in [0.2, 0.25) is 0 Å². The lowest BCUT2D eigenvalue weighted by Gasteiger charge is -2.25. The van der Waals surface area contributed by atoms with Gasteiger partial charge < -0.3 is 25.5 Å². The highest BCUT2D eigenvalue weighted by molar-refractivity contribution is 7.08. The Kier molecular flexibility index (Phi) is 6.47. The molecule has 0 spiro atoms. The fraction of sp³-hybridized carbons (Fsp3) is 0.192. The van der Waals surface area contributed by atoms with Gasteiger partial charge >= 0.3 is 5.97 Å². The summed E-state index contributed by atoms with van der Waals surface area (Å²) in [6.07, 6.45) is 0. The highest BCUT2D eigenvalue weighted by Gasteiger charge is 2.26. The van der Waals surface area contributed by atoms with Crippen LogP contribution < -0.4 is 10.6 Å². The van der Waals surface area contributed by atoms with Crippen LogP contribution in [0.4, 0.5) is 11.4 Å². The molecule has 9 heteroatoms. The average molecular weight is 491 g/mol. The van der Waals surface area contributed by atoms with Crippen LogP contribution in [0.25, 0.3) is 10.9 Å². The van der Waals surface area contributed by atoms with Gasteiger partial charge in [0.05, 0.1) is 35.2 Å². The first-order valence-corrected chi connectivity index (χ1v) is 11.8. The number of methoxy groups -OCH3 is 1. The van der Waals surface area contributed by atoms with Gasteiger partial charge in [-0.05, 0) is 61.7 Å². The summed E-state index contributed by atoms with van der Waals surface area (Å²) in [5, 5.41) is 15.4. The molecule has 0 saturated carbocycles. The molecule has 0 aliphatic carbocycles. The minimum absolute atomic E-state index is 0.0564. The zero-order chi connectivity index (χ0) is 25.3. The highest BCUT2D eigenvalue weighted by atomic mass is 32.1. The Morgan fingerprint density at radius 2 is 1.83 bits per heavy atom. The number of nitrogens with two attached hydrogens (primary N) is 1. The molecular weight excluding hydrogens is 464 g/mol. The molecule has 8 nitrogen and oxygen atoms in total. The lowest BCUT2D eigenvalue weighted by molar-refractivity contribution is -0.122. The van der Waals surface area contributed by atoms with Crippen molar-refractivity contribution < 1.29 is 19.4 Å². The van der Waals surface area contributed by atoms with Gasteiger partial charge in [0, 0.05) is 34.6 Å². The summed E-state index contributed by atoms with van der Waals surface area (Å²) in [7, 11) is 3.00. The monoisotopic (exact) mass is 490 g/mol. The van der Waals surface area contributed by atoms with Crippen molar-refractivity contribution >= 4 is 51.2 Å². The maximum Gasteiger partial charge on any atom is 0.337 e. The SMILES string of the molecule is COC(=O)c1ccc2c(C(=Nc3ccc(N(C)C(=O)C(C)(C)N)cc3)c3ccsc3)c(O)[nH]c2c1. The first-order chi connectivity index (χ1) is 16.6. The van der Waals surface area contributed by atoms with Crippen molar-refractivity contribution in [1.82, 2.24) is 4.98 Å². The van der Waals surface area contributed by atoms with Gasteiger partial charge in [-0.2, -0.15) is 11.3 Å². The summed E-state index contributed by atoms with van der Waals surface area (Å²) in [6, 6.07) is 14.2. The number of H-pyrrole nitrogens is 1. The number of likely N-dealkylation sites (N-methyl/N-ethyl adjacent to an activating group) is 1. The van der Waals surface area contributed by atoms with Crippen LogP contribution in [0.15, 0.2) is 64.3 Å². The molecule has 180 valence electrons. The number of benzene rings is 2. The third-order valence-electron chi connectivity index (χ3n) is 5.57. The van der Waals surface area contributed by atoms with Crippen LogP contribution >= 0.6 is 11.3 Å². The Balaban J connectivity index is 1.78. The van der Waals surface area contributed by atoms with E-state index in [0.717, 1.165) is 5.56 Å². The largest absolute Gasteiger partial charge is 0.494 e. The number of nitrogens with one attached hydrogen (secondary N) is 1. The number of aromatic nitrogens is 1.